The SMILES string of the molecule is COC(=O)C[C@@H](NC(=O)c1ccoc1)c1ccc(SC)cc1. The van der Waals surface area contributed by atoms with Gasteiger partial charge in [-0.3, -0.25) is 9.59 Å². The molecule has 1 aromatic carbocycles. The summed E-state index contributed by atoms with van der Waals surface area (Å²) in [5.41, 5.74) is 1.26. The van der Waals surface area contributed by atoms with Crippen molar-refractivity contribution in [3.63, 3.8) is 0 Å². The van der Waals surface area contributed by atoms with Crippen LogP contribution in [0.4, 0.5) is 0 Å². The molecule has 0 fully saturated rings. The average Bonchev–Trinajstić information content (AvgIpc) is 3.08. The lowest BCUT2D eigenvalue weighted by molar-refractivity contribution is -0.141. The zero-order valence-corrected chi connectivity index (χ0v) is 13.2. The number of furan rings is 1. The minimum atomic E-state index is -0.453. The van der Waals surface area contributed by atoms with E-state index in [1.165, 1.54) is 19.6 Å². The Morgan fingerprint density at radius 3 is 2.55 bits per heavy atom. The van der Waals surface area contributed by atoms with E-state index in [2.05, 4.69) is 5.32 Å². The molecule has 1 atom stereocenters. The Morgan fingerprint density at radius 1 is 1.27 bits per heavy atom. The third-order valence-corrected chi connectivity index (χ3v) is 3.95. The number of carbonyl (C=O) groups is 2. The number of amides is 1. The van der Waals surface area contributed by atoms with Crippen LogP contribution in [0.25, 0.3) is 0 Å². The Labute approximate surface area is 133 Å². The minimum Gasteiger partial charge on any atom is -0.472 e. The van der Waals surface area contributed by atoms with Crippen LogP contribution in [0.1, 0.15) is 28.4 Å². The molecule has 116 valence electrons. The van der Waals surface area contributed by atoms with Gasteiger partial charge in [-0.2, -0.15) is 0 Å². The van der Waals surface area contributed by atoms with Gasteiger partial charge in [-0.15, -0.1) is 11.8 Å². The maximum Gasteiger partial charge on any atom is 0.307 e. The Morgan fingerprint density at radius 2 is 2.00 bits per heavy atom. The summed E-state index contributed by atoms with van der Waals surface area (Å²) >= 11 is 1.63. The molecular weight excluding hydrogens is 302 g/mol. The molecule has 0 aliphatic carbocycles. The van der Waals surface area contributed by atoms with Gasteiger partial charge in [0.25, 0.3) is 5.91 Å². The Balaban J connectivity index is 2.17. The number of hydrogen-bond donors (Lipinski definition) is 1. The summed E-state index contributed by atoms with van der Waals surface area (Å²) in [6.45, 7) is 0. The number of nitrogens with one attached hydrogen (secondary N) is 1. The first-order valence-electron chi connectivity index (χ1n) is 6.68. The molecule has 0 aliphatic rings. The first kappa shape index (κ1) is 16.2. The van der Waals surface area contributed by atoms with Gasteiger partial charge in [0.1, 0.15) is 6.26 Å². The topological polar surface area (TPSA) is 68.5 Å². The van der Waals surface area contributed by atoms with Gasteiger partial charge in [-0.05, 0) is 30.0 Å². The molecule has 0 saturated heterocycles. The molecule has 1 heterocycles. The summed E-state index contributed by atoms with van der Waals surface area (Å²) < 4.78 is 9.61. The Hall–Kier alpha value is -2.21. The summed E-state index contributed by atoms with van der Waals surface area (Å²) in [5.74, 6) is -0.678. The van der Waals surface area contributed by atoms with Crippen LogP contribution in [-0.2, 0) is 9.53 Å². The van der Waals surface area contributed by atoms with Crippen molar-refractivity contribution in [3.05, 3.63) is 54.0 Å². The number of hydrogen-bond acceptors (Lipinski definition) is 5. The summed E-state index contributed by atoms with van der Waals surface area (Å²) in [4.78, 5) is 24.9. The van der Waals surface area contributed by atoms with E-state index in [1.807, 2.05) is 30.5 Å². The van der Waals surface area contributed by atoms with Crippen LogP contribution in [0.3, 0.4) is 0 Å². The summed E-state index contributed by atoms with van der Waals surface area (Å²) in [7, 11) is 1.33. The fraction of sp³-hybridized carbons (Fsp3) is 0.250. The van der Waals surface area contributed by atoms with E-state index < -0.39 is 6.04 Å². The normalized spacial score (nSPS) is 11.7. The van der Waals surface area contributed by atoms with E-state index >= 15 is 0 Å². The first-order chi connectivity index (χ1) is 10.6. The Bertz CT molecular complexity index is 622. The molecule has 0 radical (unpaired) electrons. The molecule has 0 spiro atoms. The van der Waals surface area contributed by atoms with E-state index in [-0.39, 0.29) is 18.3 Å². The first-order valence-corrected chi connectivity index (χ1v) is 7.90. The predicted molar refractivity (Wildman–Crippen MR) is 83.8 cm³/mol. The molecule has 0 aliphatic heterocycles. The molecule has 2 rings (SSSR count). The van der Waals surface area contributed by atoms with Crippen LogP contribution in [-0.4, -0.2) is 25.2 Å². The molecule has 1 N–H and O–H groups in total. The van der Waals surface area contributed by atoms with Crippen molar-refractivity contribution < 1.29 is 18.7 Å². The zero-order chi connectivity index (χ0) is 15.9. The maximum absolute atomic E-state index is 12.2. The van der Waals surface area contributed by atoms with Gasteiger partial charge in [-0.1, -0.05) is 12.1 Å². The highest BCUT2D eigenvalue weighted by Gasteiger charge is 2.20. The number of carbonyl (C=O) groups excluding carboxylic acids is 2. The van der Waals surface area contributed by atoms with Gasteiger partial charge in [0.15, 0.2) is 0 Å². The molecule has 0 saturated carbocycles. The lowest BCUT2D eigenvalue weighted by atomic mass is 10.0. The van der Waals surface area contributed by atoms with Crippen LogP contribution in [0.2, 0.25) is 0 Å². The molecule has 6 heteroatoms. The van der Waals surface area contributed by atoms with Gasteiger partial charge < -0.3 is 14.5 Å². The smallest absolute Gasteiger partial charge is 0.307 e. The van der Waals surface area contributed by atoms with Gasteiger partial charge in [0.05, 0.1) is 31.4 Å². The third kappa shape index (κ3) is 4.14. The second kappa shape index (κ2) is 7.70. The molecule has 2 aromatic rings. The van der Waals surface area contributed by atoms with Crippen LogP contribution in [0.15, 0.2) is 52.2 Å². The van der Waals surface area contributed by atoms with Crippen molar-refractivity contribution >= 4 is 23.6 Å². The zero-order valence-electron chi connectivity index (χ0n) is 12.4. The van der Waals surface area contributed by atoms with Gasteiger partial charge in [0.2, 0.25) is 0 Å². The average molecular weight is 319 g/mol. The fourth-order valence-electron chi connectivity index (χ4n) is 1.97. The monoisotopic (exact) mass is 319 g/mol. The van der Waals surface area contributed by atoms with Gasteiger partial charge in [-0.25, -0.2) is 0 Å². The number of benzene rings is 1. The lowest BCUT2D eigenvalue weighted by Crippen LogP contribution is -2.30. The maximum atomic E-state index is 12.2. The molecule has 0 bridgehead atoms. The van der Waals surface area contributed by atoms with Crippen LogP contribution >= 0.6 is 11.8 Å². The van der Waals surface area contributed by atoms with E-state index in [0.29, 0.717) is 5.56 Å². The number of rotatable bonds is 6. The van der Waals surface area contributed by atoms with E-state index in [4.69, 9.17) is 9.15 Å². The molecular formula is C16H17NO4S. The standard InChI is InChI=1S/C16H17NO4S/c1-20-15(18)9-14(11-3-5-13(22-2)6-4-11)17-16(19)12-7-8-21-10-12/h3-8,10,14H,9H2,1-2H3,(H,17,19)/t14-/m1/s1. The third-order valence-electron chi connectivity index (χ3n) is 3.21. The van der Waals surface area contributed by atoms with Crippen molar-refractivity contribution in [1.29, 1.82) is 0 Å². The van der Waals surface area contributed by atoms with E-state index in [9.17, 15) is 9.59 Å². The molecule has 0 unspecified atom stereocenters. The largest absolute Gasteiger partial charge is 0.472 e. The van der Waals surface area contributed by atoms with E-state index in [1.54, 1.807) is 17.8 Å². The van der Waals surface area contributed by atoms with Crippen molar-refractivity contribution in [2.45, 2.75) is 17.4 Å². The van der Waals surface area contributed by atoms with Crippen LogP contribution in [0.5, 0.6) is 0 Å². The van der Waals surface area contributed by atoms with Crippen molar-refractivity contribution in [2.75, 3.05) is 13.4 Å². The highest BCUT2D eigenvalue weighted by molar-refractivity contribution is 7.98. The van der Waals surface area contributed by atoms with Crippen molar-refractivity contribution in [1.82, 2.24) is 5.32 Å². The molecule has 22 heavy (non-hydrogen) atoms. The number of methoxy groups -OCH3 is 1. The van der Waals surface area contributed by atoms with Gasteiger partial charge in [0, 0.05) is 4.90 Å². The van der Waals surface area contributed by atoms with Crippen LogP contribution in [0, 0.1) is 0 Å². The fourth-order valence-corrected chi connectivity index (χ4v) is 2.38. The highest BCUT2D eigenvalue weighted by Crippen LogP contribution is 2.22. The van der Waals surface area contributed by atoms with Gasteiger partial charge >= 0.3 is 5.97 Å². The second-order valence-corrected chi connectivity index (χ2v) is 5.47. The minimum absolute atomic E-state index is 0.0682. The van der Waals surface area contributed by atoms with E-state index in [0.717, 1.165) is 10.5 Å². The number of esters is 1. The number of ether oxygens (including phenoxy) is 1. The number of thioether (sulfide) groups is 1. The molecule has 1 aromatic heterocycles. The summed E-state index contributed by atoms with van der Waals surface area (Å²) in [6.07, 6.45) is 4.85. The second-order valence-electron chi connectivity index (χ2n) is 4.59. The summed E-state index contributed by atoms with van der Waals surface area (Å²) in [5, 5.41) is 2.83. The van der Waals surface area contributed by atoms with Crippen molar-refractivity contribution in [2.24, 2.45) is 0 Å². The predicted octanol–water partition coefficient (Wildman–Crippen LogP) is 3.04. The quantitative estimate of drug-likeness (QED) is 0.655. The molecule has 1 amide bonds. The van der Waals surface area contributed by atoms with Crippen LogP contribution < -0.4 is 5.32 Å². The van der Waals surface area contributed by atoms with Crippen molar-refractivity contribution in [3.8, 4) is 0 Å². The Kier molecular flexibility index (Phi) is 5.66. The lowest BCUT2D eigenvalue weighted by Gasteiger charge is -2.18. The highest BCUT2D eigenvalue weighted by atomic mass is 32.2. The summed E-state index contributed by atoms with van der Waals surface area (Å²) in [6, 6.07) is 8.82. The molecule has 5 nitrogen and oxygen atoms in total.